The highest BCUT2D eigenvalue weighted by Crippen LogP contribution is 2.17. The largest absolute Gasteiger partial charge is 0.379 e. The molecule has 1 rings (SSSR count). The molecule has 2 N–H and O–H groups in total. The molecular formula is C9H15N3OS. The summed E-state index contributed by atoms with van der Waals surface area (Å²) < 4.78 is 0. The van der Waals surface area contributed by atoms with Crippen molar-refractivity contribution in [2.24, 2.45) is 21.6 Å². The average molecular weight is 213 g/mol. The van der Waals surface area contributed by atoms with Gasteiger partial charge in [-0.3, -0.25) is 14.8 Å². The van der Waals surface area contributed by atoms with Crippen LogP contribution >= 0.6 is 11.8 Å². The molecule has 0 aromatic heterocycles. The lowest BCUT2D eigenvalue weighted by atomic mass is 10.0. The monoisotopic (exact) mass is 213 g/mol. The van der Waals surface area contributed by atoms with E-state index in [9.17, 15) is 4.79 Å². The van der Waals surface area contributed by atoms with Gasteiger partial charge in [0.15, 0.2) is 11.0 Å². The number of hydrogen-bond donors (Lipinski definition) is 1. The van der Waals surface area contributed by atoms with Crippen LogP contribution < -0.4 is 5.73 Å². The molecule has 1 aliphatic heterocycles. The first-order valence-electron chi connectivity index (χ1n) is 4.53. The van der Waals surface area contributed by atoms with Gasteiger partial charge in [0.25, 0.3) is 0 Å². The molecule has 0 aliphatic carbocycles. The predicted octanol–water partition coefficient (Wildman–Crippen LogP) is 0.712. The molecule has 78 valence electrons. The van der Waals surface area contributed by atoms with E-state index in [0.29, 0.717) is 10.9 Å². The van der Waals surface area contributed by atoms with E-state index in [4.69, 9.17) is 5.73 Å². The van der Waals surface area contributed by atoms with E-state index in [2.05, 4.69) is 9.98 Å². The standard InChI is InChI=1S/C9H15N3OS/c1-5(2)8(13)7(11-3)6-4-14-9(10)12-6/h5-6H,4H2,1-3H3,(H2,10,12). The summed E-state index contributed by atoms with van der Waals surface area (Å²) in [5.41, 5.74) is 6.09. The Morgan fingerprint density at radius 3 is 2.71 bits per heavy atom. The van der Waals surface area contributed by atoms with Crippen molar-refractivity contribution in [3.63, 3.8) is 0 Å². The minimum atomic E-state index is -0.139. The molecule has 0 bridgehead atoms. The Hall–Kier alpha value is -0.840. The molecule has 0 saturated carbocycles. The van der Waals surface area contributed by atoms with E-state index in [1.54, 1.807) is 7.05 Å². The van der Waals surface area contributed by atoms with Crippen LogP contribution in [0.2, 0.25) is 0 Å². The molecule has 1 heterocycles. The number of Topliss-reactive ketones (excluding diaryl/α,β-unsaturated/α-hetero) is 1. The van der Waals surface area contributed by atoms with Crippen molar-refractivity contribution in [1.82, 2.24) is 0 Å². The van der Waals surface area contributed by atoms with Gasteiger partial charge in [-0.25, -0.2) is 0 Å². The molecule has 0 fully saturated rings. The number of aliphatic imine (C=N–C) groups is 2. The summed E-state index contributed by atoms with van der Waals surface area (Å²) in [7, 11) is 1.63. The van der Waals surface area contributed by atoms with E-state index >= 15 is 0 Å². The molecular weight excluding hydrogens is 198 g/mol. The predicted molar refractivity (Wildman–Crippen MR) is 61.1 cm³/mol. The molecule has 14 heavy (non-hydrogen) atoms. The van der Waals surface area contributed by atoms with E-state index in [1.165, 1.54) is 11.8 Å². The highest BCUT2D eigenvalue weighted by Gasteiger charge is 2.27. The van der Waals surface area contributed by atoms with Gasteiger partial charge in [-0.15, -0.1) is 0 Å². The maximum atomic E-state index is 11.7. The van der Waals surface area contributed by atoms with Crippen LogP contribution in [-0.2, 0) is 4.79 Å². The molecule has 1 unspecified atom stereocenters. The summed E-state index contributed by atoms with van der Waals surface area (Å²) in [6.45, 7) is 3.73. The van der Waals surface area contributed by atoms with Gasteiger partial charge >= 0.3 is 0 Å². The molecule has 5 heteroatoms. The summed E-state index contributed by atoms with van der Waals surface area (Å²) in [6, 6.07) is -0.139. The first-order chi connectivity index (χ1) is 6.56. The van der Waals surface area contributed by atoms with Crippen LogP contribution in [0.5, 0.6) is 0 Å². The van der Waals surface area contributed by atoms with Crippen molar-refractivity contribution < 1.29 is 4.79 Å². The normalized spacial score (nSPS) is 22.7. The SMILES string of the molecule is CN=C(C(=O)C(C)C)C1CSC(N)=N1. The van der Waals surface area contributed by atoms with Crippen LogP contribution in [0.4, 0.5) is 0 Å². The van der Waals surface area contributed by atoms with Crippen LogP contribution in [0.15, 0.2) is 9.98 Å². The summed E-state index contributed by atoms with van der Waals surface area (Å²) in [5.74, 6) is 0.768. The Labute approximate surface area is 88.1 Å². The van der Waals surface area contributed by atoms with Crippen molar-refractivity contribution in [2.45, 2.75) is 19.9 Å². The first-order valence-corrected chi connectivity index (χ1v) is 5.51. The molecule has 0 amide bonds. The van der Waals surface area contributed by atoms with E-state index in [-0.39, 0.29) is 17.7 Å². The lowest BCUT2D eigenvalue weighted by molar-refractivity contribution is -0.115. The maximum Gasteiger partial charge on any atom is 0.181 e. The number of carbonyl (C=O) groups is 1. The third kappa shape index (κ3) is 2.35. The van der Waals surface area contributed by atoms with Gasteiger partial charge in [0, 0.05) is 18.7 Å². The Morgan fingerprint density at radius 2 is 2.36 bits per heavy atom. The number of nitrogens with zero attached hydrogens (tertiary/aromatic N) is 2. The second-order valence-corrected chi connectivity index (χ2v) is 4.46. The van der Waals surface area contributed by atoms with Gasteiger partial charge in [-0.1, -0.05) is 25.6 Å². The highest BCUT2D eigenvalue weighted by molar-refractivity contribution is 8.14. The van der Waals surface area contributed by atoms with Gasteiger partial charge in [0.1, 0.15) is 11.8 Å². The molecule has 0 radical (unpaired) electrons. The van der Waals surface area contributed by atoms with Gasteiger partial charge in [-0.05, 0) is 0 Å². The lowest BCUT2D eigenvalue weighted by Gasteiger charge is -2.10. The van der Waals surface area contributed by atoms with Crippen LogP contribution in [0.25, 0.3) is 0 Å². The Morgan fingerprint density at radius 1 is 1.71 bits per heavy atom. The topological polar surface area (TPSA) is 67.8 Å². The summed E-state index contributed by atoms with van der Waals surface area (Å²) in [5, 5.41) is 0.549. The summed E-state index contributed by atoms with van der Waals surface area (Å²) in [6.07, 6.45) is 0. The third-order valence-electron chi connectivity index (χ3n) is 2.01. The molecule has 0 spiro atoms. The van der Waals surface area contributed by atoms with Crippen molar-refractivity contribution >= 4 is 28.4 Å². The van der Waals surface area contributed by atoms with Crippen LogP contribution in [0.1, 0.15) is 13.8 Å². The number of carbonyl (C=O) groups excluding carboxylic acids is 1. The average Bonchev–Trinajstić information content (AvgIpc) is 2.53. The maximum absolute atomic E-state index is 11.7. The summed E-state index contributed by atoms with van der Waals surface area (Å²) in [4.78, 5) is 19.9. The van der Waals surface area contributed by atoms with Gasteiger partial charge < -0.3 is 5.73 Å². The Balaban J connectivity index is 2.79. The highest BCUT2D eigenvalue weighted by atomic mass is 32.2. The van der Waals surface area contributed by atoms with Crippen molar-refractivity contribution in [3.05, 3.63) is 0 Å². The van der Waals surface area contributed by atoms with Gasteiger partial charge in [0.2, 0.25) is 0 Å². The lowest BCUT2D eigenvalue weighted by Crippen LogP contribution is -2.31. The number of amidine groups is 1. The number of nitrogens with two attached hydrogens (primary N) is 1. The minimum absolute atomic E-state index is 0.0317. The Bertz CT molecular complexity index is 296. The third-order valence-corrected chi connectivity index (χ3v) is 2.89. The zero-order valence-corrected chi connectivity index (χ0v) is 9.47. The van der Waals surface area contributed by atoms with Crippen LogP contribution in [0, 0.1) is 5.92 Å². The molecule has 4 nitrogen and oxygen atoms in total. The van der Waals surface area contributed by atoms with Gasteiger partial charge in [0.05, 0.1) is 0 Å². The number of ketones is 1. The molecule has 0 aromatic rings. The number of thioether (sulfide) groups is 1. The van der Waals surface area contributed by atoms with Crippen LogP contribution in [-0.4, -0.2) is 35.5 Å². The van der Waals surface area contributed by atoms with E-state index < -0.39 is 0 Å². The zero-order chi connectivity index (χ0) is 10.7. The van der Waals surface area contributed by atoms with E-state index in [0.717, 1.165) is 5.75 Å². The first kappa shape index (κ1) is 11.2. The molecule has 0 saturated heterocycles. The second kappa shape index (κ2) is 4.59. The van der Waals surface area contributed by atoms with Crippen LogP contribution in [0.3, 0.4) is 0 Å². The van der Waals surface area contributed by atoms with Crippen molar-refractivity contribution in [3.8, 4) is 0 Å². The Kier molecular flexibility index (Phi) is 3.69. The minimum Gasteiger partial charge on any atom is -0.379 e. The number of hydrogen-bond acceptors (Lipinski definition) is 5. The smallest absolute Gasteiger partial charge is 0.181 e. The number of rotatable bonds is 3. The van der Waals surface area contributed by atoms with E-state index in [1.807, 2.05) is 13.8 Å². The quantitative estimate of drug-likeness (QED) is 0.702. The van der Waals surface area contributed by atoms with Crippen molar-refractivity contribution in [1.29, 1.82) is 0 Å². The fourth-order valence-corrected chi connectivity index (χ4v) is 2.01. The fraction of sp³-hybridized carbons (Fsp3) is 0.667. The molecule has 0 aromatic carbocycles. The van der Waals surface area contributed by atoms with Gasteiger partial charge in [-0.2, -0.15) is 0 Å². The second-order valence-electron chi connectivity index (χ2n) is 3.42. The summed E-state index contributed by atoms with van der Waals surface area (Å²) >= 11 is 1.47. The fourth-order valence-electron chi connectivity index (χ4n) is 1.25. The molecule has 1 atom stereocenters. The molecule has 1 aliphatic rings. The van der Waals surface area contributed by atoms with Crippen molar-refractivity contribution in [2.75, 3.05) is 12.8 Å². The zero-order valence-electron chi connectivity index (χ0n) is 8.65.